The quantitative estimate of drug-likeness (QED) is 0.821. The summed E-state index contributed by atoms with van der Waals surface area (Å²) in [7, 11) is 0. The van der Waals surface area contributed by atoms with Gasteiger partial charge in [0.25, 0.3) is 5.91 Å². The van der Waals surface area contributed by atoms with Gasteiger partial charge in [-0.25, -0.2) is 0 Å². The maximum atomic E-state index is 12.8. The van der Waals surface area contributed by atoms with E-state index in [-0.39, 0.29) is 17.7 Å². The van der Waals surface area contributed by atoms with Crippen molar-refractivity contribution in [1.29, 1.82) is 0 Å². The fourth-order valence-corrected chi connectivity index (χ4v) is 3.73. The molecule has 0 aliphatic carbocycles. The van der Waals surface area contributed by atoms with E-state index in [0.29, 0.717) is 24.6 Å². The number of amides is 2. The molecule has 2 aliphatic rings. The third kappa shape index (κ3) is 4.41. The number of hydrogen-bond acceptors (Lipinski definition) is 4. The third-order valence-electron chi connectivity index (χ3n) is 5.20. The normalized spacial score (nSPS) is 19.4. The lowest BCUT2D eigenvalue weighted by Crippen LogP contribution is -2.56. The fourth-order valence-electron chi connectivity index (χ4n) is 3.73. The molecule has 6 heteroatoms. The maximum absolute atomic E-state index is 12.8. The minimum atomic E-state index is -0.0472. The maximum Gasteiger partial charge on any atom is 0.255 e. The van der Waals surface area contributed by atoms with Gasteiger partial charge in [0, 0.05) is 51.2 Å². The molecule has 2 fully saturated rings. The van der Waals surface area contributed by atoms with Crippen LogP contribution in [0.3, 0.4) is 0 Å². The van der Waals surface area contributed by atoms with Crippen molar-refractivity contribution >= 4 is 11.8 Å². The molecule has 3 heterocycles. The van der Waals surface area contributed by atoms with Gasteiger partial charge in [-0.15, -0.1) is 0 Å². The SMILES string of the molecule is Cc1ccc(C(=O)N2CC(C(=O)N3CCCN(CC(C)C)CC3)C2)cn1. The summed E-state index contributed by atoms with van der Waals surface area (Å²) in [4.78, 5) is 35.6. The van der Waals surface area contributed by atoms with Crippen molar-refractivity contribution in [2.45, 2.75) is 27.2 Å². The van der Waals surface area contributed by atoms with Gasteiger partial charge in [-0.2, -0.15) is 0 Å². The highest BCUT2D eigenvalue weighted by Crippen LogP contribution is 2.21. The predicted octanol–water partition coefficient (Wildman–Crippen LogP) is 1.65. The number of aromatic nitrogens is 1. The molecular formula is C20H30N4O2. The van der Waals surface area contributed by atoms with Crippen LogP contribution in [0.5, 0.6) is 0 Å². The number of nitrogens with zero attached hydrogens (tertiary/aromatic N) is 4. The number of aryl methyl sites for hydroxylation is 1. The van der Waals surface area contributed by atoms with E-state index >= 15 is 0 Å². The highest BCUT2D eigenvalue weighted by Gasteiger charge is 2.38. The van der Waals surface area contributed by atoms with E-state index in [2.05, 4.69) is 23.7 Å². The van der Waals surface area contributed by atoms with Crippen molar-refractivity contribution in [1.82, 2.24) is 19.7 Å². The zero-order valence-corrected chi connectivity index (χ0v) is 16.1. The van der Waals surface area contributed by atoms with Gasteiger partial charge < -0.3 is 14.7 Å². The largest absolute Gasteiger partial charge is 0.341 e. The Labute approximate surface area is 156 Å². The number of rotatable bonds is 4. The van der Waals surface area contributed by atoms with Crippen LogP contribution in [0, 0.1) is 18.8 Å². The average molecular weight is 358 g/mol. The first-order chi connectivity index (χ1) is 12.4. The Balaban J connectivity index is 1.48. The highest BCUT2D eigenvalue weighted by molar-refractivity contribution is 5.95. The van der Waals surface area contributed by atoms with E-state index in [1.807, 2.05) is 17.9 Å². The van der Waals surface area contributed by atoms with Crippen molar-refractivity contribution < 1.29 is 9.59 Å². The van der Waals surface area contributed by atoms with Crippen LogP contribution in [0.25, 0.3) is 0 Å². The summed E-state index contributed by atoms with van der Waals surface area (Å²) in [5.41, 5.74) is 1.49. The summed E-state index contributed by atoms with van der Waals surface area (Å²) in [6, 6.07) is 3.65. The molecule has 2 saturated heterocycles. The second kappa shape index (κ2) is 8.16. The number of hydrogen-bond donors (Lipinski definition) is 0. The first kappa shape index (κ1) is 18.8. The van der Waals surface area contributed by atoms with Crippen molar-refractivity contribution in [2.24, 2.45) is 11.8 Å². The molecule has 0 radical (unpaired) electrons. The van der Waals surface area contributed by atoms with Crippen molar-refractivity contribution in [2.75, 3.05) is 45.8 Å². The van der Waals surface area contributed by atoms with Gasteiger partial charge in [-0.05, 0) is 37.9 Å². The standard InChI is InChI=1S/C20H30N4O2/c1-15(2)12-22-7-4-8-23(10-9-22)20(26)18-13-24(14-18)19(25)17-6-5-16(3)21-11-17/h5-6,11,15,18H,4,7-10,12-14H2,1-3H3. The summed E-state index contributed by atoms with van der Waals surface area (Å²) in [6.45, 7) is 12.2. The van der Waals surface area contributed by atoms with E-state index in [1.54, 1.807) is 17.2 Å². The zero-order chi connectivity index (χ0) is 18.7. The first-order valence-electron chi connectivity index (χ1n) is 9.67. The number of carbonyl (C=O) groups excluding carboxylic acids is 2. The lowest BCUT2D eigenvalue weighted by atomic mass is 9.97. The van der Waals surface area contributed by atoms with Gasteiger partial charge >= 0.3 is 0 Å². The Morgan fingerprint density at radius 1 is 1.12 bits per heavy atom. The molecule has 6 nitrogen and oxygen atoms in total. The average Bonchev–Trinajstić information content (AvgIpc) is 2.79. The molecule has 0 N–H and O–H groups in total. The smallest absolute Gasteiger partial charge is 0.255 e. The Morgan fingerprint density at radius 3 is 2.54 bits per heavy atom. The van der Waals surface area contributed by atoms with Gasteiger partial charge in [0.05, 0.1) is 11.5 Å². The van der Waals surface area contributed by atoms with Crippen LogP contribution in [0.15, 0.2) is 18.3 Å². The van der Waals surface area contributed by atoms with E-state index in [9.17, 15) is 9.59 Å². The van der Waals surface area contributed by atoms with Gasteiger partial charge in [-0.1, -0.05) is 13.8 Å². The molecule has 0 aromatic carbocycles. The minimum absolute atomic E-state index is 0.0273. The van der Waals surface area contributed by atoms with Crippen LogP contribution in [0.4, 0.5) is 0 Å². The van der Waals surface area contributed by atoms with Gasteiger partial charge in [0.15, 0.2) is 0 Å². The van der Waals surface area contributed by atoms with E-state index in [0.717, 1.165) is 44.8 Å². The molecule has 1 aromatic rings. The highest BCUT2D eigenvalue weighted by atomic mass is 16.2. The van der Waals surface area contributed by atoms with Gasteiger partial charge in [0.2, 0.25) is 5.91 Å². The molecule has 0 saturated carbocycles. The summed E-state index contributed by atoms with van der Waals surface area (Å²) < 4.78 is 0. The molecule has 0 atom stereocenters. The predicted molar refractivity (Wildman–Crippen MR) is 101 cm³/mol. The first-order valence-corrected chi connectivity index (χ1v) is 9.67. The Kier molecular flexibility index (Phi) is 5.91. The van der Waals surface area contributed by atoms with Crippen LogP contribution in [0.1, 0.15) is 36.3 Å². The molecule has 2 amide bonds. The minimum Gasteiger partial charge on any atom is -0.341 e. The van der Waals surface area contributed by atoms with E-state index < -0.39 is 0 Å². The lowest BCUT2D eigenvalue weighted by molar-refractivity contribution is -0.139. The summed E-state index contributed by atoms with van der Waals surface area (Å²) in [5, 5.41) is 0. The molecular weight excluding hydrogens is 328 g/mol. The second-order valence-corrected chi connectivity index (χ2v) is 7.97. The van der Waals surface area contributed by atoms with E-state index in [1.165, 1.54) is 0 Å². The monoisotopic (exact) mass is 358 g/mol. The van der Waals surface area contributed by atoms with Crippen LogP contribution in [-0.4, -0.2) is 77.3 Å². The summed E-state index contributed by atoms with van der Waals surface area (Å²) in [5.74, 6) is 0.789. The number of carbonyl (C=O) groups is 2. The molecule has 1 aromatic heterocycles. The van der Waals surface area contributed by atoms with Crippen LogP contribution >= 0.6 is 0 Å². The zero-order valence-electron chi connectivity index (χ0n) is 16.1. The topological polar surface area (TPSA) is 56.8 Å². The molecule has 0 unspecified atom stereocenters. The molecule has 0 spiro atoms. The Hall–Kier alpha value is -1.95. The van der Waals surface area contributed by atoms with Crippen LogP contribution in [0.2, 0.25) is 0 Å². The van der Waals surface area contributed by atoms with E-state index in [4.69, 9.17) is 0 Å². The third-order valence-corrected chi connectivity index (χ3v) is 5.20. The lowest BCUT2D eigenvalue weighted by Gasteiger charge is -2.40. The van der Waals surface area contributed by atoms with Crippen molar-refractivity contribution in [3.63, 3.8) is 0 Å². The molecule has 26 heavy (non-hydrogen) atoms. The fraction of sp³-hybridized carbons (Fsp3) is 0.650. The molecule has 142 valence electrons. The molecule has 0 bridgehead atoms. The summed E-state index contributed by atoms with van der Waals surface area (Å²) in [6.07, 6.45) is 2.65. The second-order valence-electron chi connectivity index (χ2n) is 7.97. The van der Waals surface area contributed by atoms with Gasteiger partial charge in [0.1, 0.15) is 0 Å². The number of pyridine rings is 1. The van der Waals surface area contributed by atoms with Crippen molar-refractivity contribution in [3.8, 4) is 0 Å². The molecule has 2 aliphatic heterocycles. The molecule has 3 rings (SSSR count). The Morgan fingerprint density at radius 2 is 1.88 bits per heavy atom. The van der Waals surface area contributed by atoms with Crippen molar-refractivity contribution in [3.05, 3.63) is 29.6 Å². The van der Waals surface area contributed by atoms with Crippen LogP contribution < -0.4 is 0 Å². The Bertz CT molecular complexity index is 638. The van der Waals surface area contributed by atoms with Crippen LogP contribution in [-0.2, 0) is 4.79 Å². The summed E-state index contributed by atoms with van der Waals surface area (Å²) >= 11 is 0. The van der Waals surface area contributed by atoms with Gasteiger partial charge in [-0.3, -0.25) is 14.6 Å². The number of likely N-dealkylation sites (tertiary alicyclic amines) is 1.